The SMILES string of the molecule is CCCCCCCCC(OC)C(C)(C)CCC1CC(=O)OC1=O. The summed E-state index contributed by atoms with van der Waals surface area (Å²) in [6.07, 6.45) is 10.8. The third-order valence-electron chi connectivity index (χ3n) is 5.07. The second-order valence-corrected chi connectivity index (χ2v) is 7.50. The molecule has 1 saturated heterocycles. The number of rotatable bonds is 12. The lowest BCUT2D eigenvalue weighted by molar-refractivity contribution is -0.153. The van der Waals surface area contributed by atoms with Crippen molar-refractivity contribution < 1.29 is 19.1 Å². The van der Waals surface area contributed by atoms with Gasteiger partial charge in [-0.1, -0.05) is 59.3 Å². The van der Waals surface area contributed by atoms with E-state index in [1.807, 2.05) is 0 Å². The van der Waals surface area contributed by atoms with Crippen LogP contribution in [0, 0.1) is 11.3 Å². The molecule has 0 aromatic carbocycles. The van der Waals surface area contributed by atoms with Crippen molar-refractivity contribution in [1.29, 1.82) is 0 Å². The first kappa shape index (κ1) is 20.1. The van der Waals surface area contributed by atoms with Crippen molar-refractivity contribution in [1.82, 2.24) is 0 Å². The molecule has 1 rings (SSSR count). The van der Waals surface area contributed by atoms with Crippen molar-refractivity contribution in [3.8, 4) is 0 Å². The molecule has 0 spiro atoms. The molecule has 2 unspecified atom stereocenters. The van der Waals surface area contributed by atoms with E-state index < -0.39 is 0 Å². The first-order chi connectivity index (χ1) is 10.9. The highest BCUT2D eigenvalue weighted by Crippen LogP contribution is 2.35. The Morgan fingerprint density at radius 2 is 1.83 bits per heavy atom. The van der Waals surface area contributed by atoms with Gasteiger partial charge in [-0.05, 0) is 24.7 Å². The average molecular weight is 326 g/mol. The zero-order valence-electron chi connectivity index (χ0n) is 15.4. The first-order valence-corrected chi connectivity index (χ1v) is 9.18. The Morgan fingerprint density at radius 3 is 2.39 bits per heavy atom. The molecule has 1 fully saturated rings. The summed E-state index contributed by atoms with van der Waals surface area (Å²) in [5.74, 6) is -0.989. The van der Waals surface area contributed by atoms with E-state index in [9.17, 15) is 9.59 Å². The summed E-state index contributed by atoms with van der Waals surface area (Å²) in [4.78, 5) is 22.7. The smallest absolute Gasteiger partial charge is 0.317 e. The molecule has 23 heavy (non-hydrogen) atoms. The van der Waals surface area contributed by atoms with Crippen LogP contribution in [0.3, 0.4) is 0 Å². The monoisotopic (exact) mass is 326 g/mol. The van der Waals surface area contributed by atoms with Crippen molar-refractivity contribution in [3.05, 3.63) is 0 Å². The van der Waals surface area contributed by atoms with Gasteiger partial charge in [0, 0.05) is 7.11 Å². The molecule has 2 atom stereocenters. The minimum atomic E-state index is -0.381. The summed E-state index contributed by atoms with van der Waals surface area (Å²) < 4.78 is 10.4. The molecule has 1 aliphatic heterocycles. The van der Waals surface area contributed by atoms with E-state index in [1.54, 1.807) is 7.11 Å². The van der Waals surface area contributed by atoms with Gasteiger partial charge in [0.25, 0.3) is 0 Å². The summed E-state index contributed by atoms with van der Waals surface area (Å²) in [6.45, 7) is 6.62. The maximum absolute atomic E-state index is 11.6. The largest absolute Gasteiger partial charge is 0.393 e. The minimum absolute atomic E-state index is 0.00405. The van der Waals surface area contributed by atoms with Gasteiger partial charge in [-0.2, -0.15) is 0 Å². The topological polar surface area (TPSA) is 52.6 Å². The van der Waals surface area contributed by atoms with Gasteiger partial charge in [-0.25, -0.2) is 0 Å². The van der Waals surface area contributed by atoms with Gasteiger partial charge in [0.15, 0.2) is 0 Å². The van der Waals surface area contributed by atoms with Crippen molar-refractivity contribution in [2.75, 3.05) is 7.11 Å². The Bertz CT molecular complexity index is 376. The van der Waals surface area contributed by atoms with Crippen molar-refractivity contribution in [2.24, 2.45) is 11.3 Å². The quantitative estimate of drug-likeness (QED) is 0.298. The maximum Gasteiger partial charge on any atom is 0.317 e. The van der Waals surface area contributed by atoms with Gasteiger partial charge in [-0.15, -0.1) is 0 Å². The van der Waals surface area contributed by atoms with E-state index >= 15 is 0 Å². The normalized spacial score (nSPS) is 19.9. The van der Waals surface area contributed by atoms with Crippen LogP contribution in [0.2, 0.25) is 0 Å². The fourth-order valence-electron chi connectivity index (χ4n) is 3.39. The number of carbonyl (C=O) groups is 2. The summed E-state index contributed by atoms with van der Waals surface area (Å²) >= 11 is 0. The Balaban J connectivity index is 2.32. The third kappa shape index (κ3) is 7.03. The lowest BCUT2D eigenvalue weighted by atomic mass is 9.77. The van der Waals surface area contributed by atoms with Crippen molar-refractivity contribution in [3.63, 3.8) is 0 Å². The molecule has 0 aromatic rings. The number of methoxy groups -OCH3 is 1. The predicted molar refractivity (Wildman–Crippen MR) is 91.0 cm³/mol. The molecule has 134 valence electrons. The molecule has 0 radical (unpaired) electrons. The number of hydrogen-bond acceptors (Lipinski definition) is 4. The fraction of sp³-hybridized carbons (Fsp3) is 0.895. The molecule has 1 aliphatic rings. The van der Waals surface area contributed by atoms with Crippen LogP contribution in [0.15, 0.2) is 0 Å². The third-order valence-corrected chi connectivity index (χ3v) is 5.07. The molecule has 0 aromatic heterocycles. The number of ether oxygens (including phenoxy) is 2. The van der Waals surface area contributed by atoms with E-state index in [4.69, 9.17) is 4.74 Å². The van der Waals surface area contributed by atoms with Gasteiger partial charge < -0.3 is 9.47 Å². The molecule has 4 nitrogen and oxygen atoms in total. The van der Waals surface area contributed by atoms with Gasteiger partial charge >= 0.3 is 11.9 Å². The Morgan fingerprint density at radius 1 is 1.17 bits per heavy atom. The molecule has 0 aliphatic carbocycles. The van der Waals surface area contributed by atoms with Crippen LogP contribution < -0.4 is 0 Å². The lowest BCUT2D eigenvalue weighted by Crippen LogP contribution is -2.32. The second kappa shape index (κ2) is 10.1. The highest BCUT2D eigenvalue weighted by Gasteiger charge is 2.36. The molecular weight excluding hydrogens is 292 g/mol. The molecule has 0 N–H and O–H groups in total. The zero-order valence-corrected chi connectivity index (χ0v) is 15.4. The van der Waals surface area contributed by atoms with Gasteiger partial charge in [0.1, 0.15) is 0 Å². The summed E-state index contributed by atoms with van der Waals surface area (Å²) in [6, 6.07) is 0. The number of unbranched alkanes of at least 4 members (excludes halogenated alkanes) is 5. The number of cyclic esters (lactones) is 2. The van der Waals surface area contributed by atoms with Crippen LogP contribution >= 0.6 is 0 Å². The van der Waals surface area contributed by atoms with Crippen LogP contribution in [0.25, 0.3) is 0 Å². The summed E-state index contributed by atoms with van der Waals surface area (Å²) in [5, 5.41) is 0. The zero-order chi connectivity index (χ0) is 17.3. The van der Waals surface area contributed by atoms with Crippen LogP contribution in [0.1, 0.15) is 85.0 Å². The number of esters is 2. The Labute approximate surface area is 141 Å². The van der Waals surface area contributed by atoms with E-state index in [1.165, 1.54) is 38.5 Å². The molecule has 0 bridgehead atoms. The molecule has 0 saturated carbocycles. The summed E-state index contributed by atoms with van der Waals surface area (Å²) in [7, 11) is 1.77. The van der Waals surface area contributed by atoms with Gasteiger partial charge in [0.2, 0.25) is 0 Å². The van der Waals surface area contributed by atoms with Crippen LogP contribution in [-0.4, -0.2) is 25.2 Å². The van der Waals surface area contributed by atoms with Crippen LogP contribution in [0.4, 0.5) is 0 Å². The van der Waals surface area contributed by atoms with Gasteiger partial charge in [-0.3, -0.25) is 9.59 Å². The van der Waals surface area contributed by atoms with Crippen LogP contribution in [-0.2, 0) is 19.1 Å². The maximum atomic E-state index is 11.6. The standard InChI is InChI=1S/C19H34O4/c1-5-6-7-8-9-10-11-16(22-4)19(2,3)13-12-15-14-17(20)23-18(15)21/h15-16H,5-14H2,1-4H3. The van der Waals surface area contributed by atoms with Crippen molar-refractivity contribution >= 4 is 11.9 Å². The highest BCUT2D eigenvalue weighted by atomic mass is 16.6. The predicted octanol–water partition coefficient (Wildman–Crippen LogP) is 4.65. The molecular formula is C19H34O4. The van der Waals surface area contributed by atoms with Crippen molar-refractivity contribution in [2.45, 2.75) is 91.1 Å². The van der Waals surface area contributed by atoms with Gasteiger partial charge in [0.05, 0.1) is 18.4 Å². The first-order valence-electron chi connectivity index (χ1n) is 9.18. The van der Waals surface area contributed by atoms with E-state index in [-0.39, 0.29) is 35.8 Å². The summed E-state index contributed by atoms with van der Waals surface area (Å²) in [5.41, 5.74) is 0.00405. The number of hydrogen-bond donors (Lipinski definition) is 0. The lowest BCUT2D eigenvalue weighted by Gasteiger charge is -2.34. The Kier molecular flexibility index (Phi) is 8.82. The number of carbonyl (C=O) groups excluding carboxylic acids is 2. The molecule has 4 heteroatoms. The Hall–Kier alpha value is -0.900. The minimum Gasteiger partial charge on any atom is -0.393 e. The van der Waals surface area contributed by atoms with E-state index in [0.29, 0.717) is 6.42 Å². The molecule has 0 amide bonds. The molecule has 1 heterocycles. The highest BCUT2D eigenvalue weighted by molar-refractivity contribution is 5.94. The van der Waals surface area contributed by atoms with E-state index in [2.05, 4.69) is 25.5 Å². The van der Waals surface area contributed by atoms with E-state index in [0.717, 1.165) is 12.8 Å². The second-order valence-electron chi connectivity index (χ2n) is 7.50. The fourth-order valence-corrected chi connectivity index (χ4v) is 3.39. The average Bonchev–Trinajstić information content (AvgIpc) is 2.82. The van der Waals surface area contributed by atoms with Crippen LogP contribution in [0.5, 0.6) is 0 Å².